The lowest BCUT2D eigenvalue weighted by atomic mass is 10.0. The van der Waals surface area contributed by atoms with Gasteiger partial charge in [-0.15, -0.1) is 11.3 Å². The molecule has 28 heavy (non-hydrogen) atoms. The predicted molar refractivity (Wildman–Crippen MR) is 124 cm³/mol. The first-order valence-electron chi connectivity index (χ1n) is 10.2. The number of benzene rings is 4. The molecule has 0 N–H and O–H groups in total. The third-order valence-corrected chi connectivity index (χ3v) is 6.67. The van der Waals surface area contributed by atoms with E-state index in [1.807, 2.05) is 11.3 Å². The first-order chi connectivity index (χ1) is 13.8. The maximum absolute atomic E-state index is 6.18. The summed E-state index contributed by atoms with van der Waals surface area (Å²) in [5.74, 6) is 1.01. The zero-order valence-corrected chi connectivity index (χ0v) is 17.0. The minimum atomic E-state index is 0.798. The molecule has 0 unspecified atom stereocenters. The molecule has 1 aromatic heterocycles. The van der Waals surface area contributed by atoms with Crippen LogP contribution in [0.5, 0.6) is 5.75 Å². The Morgan fingerprint density at radius 2 is 1.39 bits per heavy atom. The lowest BCUT2D eigenvalue weighted by Gasteiger charge is -2.10. The summed E-state index contributed by atoms with van der Waals surface area (Å²) in [7, 11) is 0. The van der Waals surface area contributed by atoms with E-state index in [0.29, 0.717) is 0 Å². The molecule has 0 radical (unpaired) electrons. The van der Waals surface area contributed by atoms with Crippen molar-refractivity contribution in [1.82, 2.24) is 0 Å². The summed E-state index contributed by atoms with van der Waals surface area (Å²) in [5.41, 5.74) is 0. The van der Waals surface area contributed by atoms with Gasteiger partial charge in [-0.3, -0.25) is 0 Å². The monoisotopic (exact) mass is 384 g/mol. The molecule has 0 aliphatic rings. The van der Waals surface area contributed by atoms with E-state index in [0.717, 1.165) is 18.8 Å². The van der Waals surface area contributed by atoms with Crippen molar-refractivity contribution in [1.29, 1.82) is 0 Å². The molecule has 5 aromatic rings. The van der Waals surface area contributed by atoms with Gasteiger partial charge in [-0.05, 0) is 52.9 Å². The standard InChI is InChI=1S/C26H24OS/c1-2-3-4-7-13-27-24-12-8-11-20-16-26-23(17-21(20)24)22-14-18-9-5-6-10-19(18)15-25(22)28-26/h5-6,8-12,14-17H,2-4,7,13H2,1H3. The van der Waals surface area contributed by atoms with Crippen LogP contribution in [0.3, 0.4) is 0 Å². The molecular weight excluding hydrogens is 360 g/mol. The quantitative estimate of drug-likeness (QED) is 0.267. The summed E-state index contributed by atoms with van der Waals surface area (Å²) in [4.78, 5) is 0. The van der Waals surface area contributed by atoms with Crippen molar-refractivity contribution < 1.29 is 4.74 Å². The normalized spacial score (nSPS) is 11.8. The van der Waals surface area contributed by atoms with Crippen molar-refractivity contribution in [3.8, 4) is 5.75 Å². The molecule has 1 nitrogen and oxygen atoms in total. The Kier molecular flexibility index (Phi) is 4.66. The van der Waals surface area contributed by atoms with Crippen LogP contribution >= 0.6 is 11.3 Å². The third kappa shape index (κ3) is 3.12. The zero-order chi connectivity index (χ0) is 18.9. The van der Waals surface area contributed by atoms with Gasteiger partial charge in [0, 0.05) is 25.6 Å². The van der Waals surface area contributed by atoms with E-state index in [2.05, 4.69) is 73.7 Å². The highest BCUT2D eigenvalue weighted by atomic mass is 32.1. The van der Waals surface area contributed by atoms with Crippen LogP contribution in [0.1, 0.15) is 32.6 Å². The van der Waals surface area contributed by atoms with Crippen LogP contribution in [0.4, 0.5) is 0 Å². The van der Waals surface area contributed by atoms with Crippen LogP contribution in [0.25, 0.3) is 41.7 Å². The van der Waals surface area contributed by atoms with Gasteiger partial charge in [-0.25, -0.2) is 0 Å². The van der Waals surface area contributed by atoms with Gasteiger partial charge in [0.2, 0.25) is 0 Å². The Hall–Kier alpha value is -2.58. The molecule has 4 aromatic carbocycles. The highest BCUT2D eigenvalue weighted by Gasteiger charge is 2.10. The van der Waals surface area contributed by atoms with E-state index in [4.69, 9.17) is 4.74 Å². The van der Waals surface area contributed by atoms with Crippen LogP contribution in [0, 0.1) is 0 Å². The highest BCUT2D eigenvalue weighted by molar-refractivity contribution is 7.26. The average molecular weight is 385 g/mol. The van der Waals surface area contributed by atoms with Crippen LogP contribution in [0.15, 0.2) is 66.7 Å². The third-order valence-electron chi connectivity index (χ3n) is 5.55. The first-order valence-corrected chi connectivity index (χ1v) is 11.1. The van der Waals surface area contributed by atoms with E-state index in [-0.39, 0.29) is 0 Å². The Morgan fingerprint density at radius 3 is 2.21 bits per heavy atom. The number of hydrogen-bond acceptors (Lipinski definition) is 2. The number of fused-ring (bicyclic) bond motifs is 5. The van der Waals surface area contributed by atoms with Gasteiger partial charge in [0.15, 0.2) is 0 Å². The van der Waals surface area contributed by atoms with Crippen molar-refractivity contribution in [3.05, 3.63) is 66.7 Å². The Labute approximate surface area is 169 Å². The van der Waals surface area contributed by atoms with Crippen molar-refractivity contribution in [2.24, 2.45) is 0 Å². The number of thiophene rings is 1. The van der Waals surface area contributed by atoms with Crippen molar-refractivity contribution in [2.45, 2.75) is 32.6 Å². The second-order valence-electron chi connectivity index (χ2n) is 7.53. The molecule has 0 bridgehead atoms. The van der Waals surface area contributed by atoms with Gasteiger partial charge in [-0.1, -0.05) is 62.6 Å². The Balaban J connectivity index is 1.61. The Morgan fingerprint density at radius 1 is 0.679 bits per heavy atom. The molecule has 0 atom stereocenters. The zero-order valence-electron chi connectivity index (χ0n) is 16.2. The van der Waals surface area contributed by atoms with E-state index >= 15 is 0 Å². The van der Waals surface area contributed by atoms with E-state index < -0.39 is 0 Å². The van der Waals surface area contributed by atoms with Crippen molar-refractivity contribution in [3.63, 3.8) is 0 Å². The van der Waals surface area contributed by atoms with Crippen molar-refractivity contribution >= 4 is 53.1 Å². The van der Waals surface area contributed by atoms with E-state index in [1.54, 1.807) is 0 Å². The molecule has 0 amide bonds. The minimum Gasteiger partial charge on any atom is -0.493 e. The average Bonchev–Trinajstić information content (AvgIpc) is 3.06. The summed E-state index contributed by atoms with van der Waals surface area (Å²) in [6.45, 7) is 3.04. The van der Waals surface area contributed by atoms with Crippen LogP contribution in [-0.2, 0) is 0 Å². The molecule has 0 spiro atoms. The maximum atomic E-state index is 6.18. The predicted octanol–water partition coefficient (Wildman–Crippen LogP) is 8.32. The fourth-order valence-electron chi connectivity index (χ4n) is 4.04. The van der Waals surface area contributed by atoms with Gasteiger partial charge in [0.25, 0.3) is 0 Å². The topological polar surface area (TPSA) is 9.23 Å². The summed E-state index contributed by atoms with van der Waals surface area (Å²) >= 11 is 1.88. The smallest absolute Gasteiger partial charge is 0.127 e. The summed E-state index contributed by atoms with van der Waals surface area (Å²) in [6, 6.07) is 24.3. The minimum absolute atomic E-state index is 0.798. The van der Waals surface area contributed by atoms with E-state index in [9.17, 15) is 0 Å². The van der Waals surface area contributed by atoms with Crippen LogP contribution < -0.4 is 4.74 Å². The number of unbranched alkanes of at least 4 members (excludes halogenated alkanes) is 3. The second-order valence-corrected chi connectivity index (χ2v) is 8.62. The lowest BCUT2D eigenvalue weighted by Crippen LogP contribution is -1.97. The summed E-state index contributed by atoms with van der Waals surface area (Å²) < 4.78 is 8.88. The van der Waals surface area contributed by atoms with Crippen LogP contribution in [-0.4, -0.2) is 6.61 Å². The van der Waals surface area contributed by atoms with Gasteiger partial charge >= 0.3 is 0 Å². The fourth-order valence-corrected chi connectivity index (χ4v) is 5.21. The molecule has 5 rings (SSSR count). The largest absolute Gasteiger partial charge is 0.493 e. The fraction of sp³-hybridized carbons (Fsp3) is 0.231. The van der Waals surface area contributed by atoms with Gasteiger partial charge in [0.05, 0.1) is 6.61 Å². The molecule has 0 fully saturated rings. The number of rotatable bonds is 6. The van der Waals surface area contributed by atoms with E-state index in [1.165, 1.54) is 61.0 Å². The molecule has 0 saturated carbocycles. The summed E-state index contributed by atoms with van der Waals surface area (Å²) in [5, 5.41) is 7.77. The van der Waals surface area contributed by atoms with Gasteiger partial charge < -0.3 is 4.74 Å². The molecule has 2 heteroatoms. The SMILES string of the molecule is CCCCCCOc1cccc2cc3sc4cc5ccccc5cc4c3cc12. The van der Waals surface area contributed by atoms with Crippen molar-refractivity contribution in [2.75, 3.05) is 6.61 Å². The molecular formula is C26H24OS. The molecule has 0 saturated heterocycles. The highest BCUT2D eigenvalue weighted by Crippen LogP contribution is 2.40. The molecule has 0 aliphatic carbocycles. The Bertz CT molecular complexity index is 1280. The number of ether oxygens (including phenoxy) is 1. The lowest BCUT2D eigenvalue weighted by molar-refractivity contribution is 0.308. The molecule has 0 aliphatic heterocycles. The number of hydrogen-bond donors (Lipinski definition) is 0. The first kappa shape index (κ1) is 17.5. The van der Waals surface area contributed by atoms with Gasteiger partial charge in [0.1, 0.15) is 5.75 Å². The second kappa shape index (κ2) is 7.44. The molecule has 1 heterocycles. The van der Waals surface area contributed by atoms with Gasteiger partial charge in [-0.2, -0.15) is 0 Å². The maximum Gasteiger partial charge on any atom is 0.127 e. The summed E-state index contributed by atoms with van der Waals surface area (Å²) in [6.07, 6.45) is 4.91. The van der Waals surface area contributed by atoms with Crippen LogP contribution in [0.2, 0.25) is 0 Å². The molecule has 140 valence electrons.